The van der Waals surface area contributed by atoms with E-state index < -0.39 is 0 Å². The standard InChI is InChI=1S/C16H18N4/c1-7-3-5-9-11(13(7)17)15(19)10-6-4-8(2)14(18)12(10)16(9)20/h3-6H,17-20H2,1-2H3. The highest BCUT2D eigenvalue weighted by Gasteiger charge is 2.15. The van der Waals surface area contributed by atoms with E-state index in [-0.39, 0.29) is 0 Å². The molecule has 0 spiro atoms. The molecule has 4 nitrogen and oxygen atoms in total. The second-order valence-electron chi connectivity index (χ2n) is 5.26. The fraction of sp³-hybridized carbons (Fsp3) is 0.125. The molecule has 0 aliphatic carbocycles. The van der Waals surface area contributed by atoms with Crippen LogP contribution in [0.4, 0.5) is 22.7 Å². The highest BCUT2D eigenvalue weighted by molar-refractivity contribution is 6.24. The highest BCUT2D eigenvalue weighted by Crippen LogP contribution is 2.43. The number of fused-ring (bicyclic) bond motifs is 2. The molecule has 0 fully saturated rings. The van der Waals surface area contributed by atoms with Crippen molar-refractivity contribution in [2.24, 2.45) is 0 Å². The lowest BCUT2D eigenvalue weighted by Gasteiger charge is -2.16. The van der Waals surface area contributed by atoms with Crippen LogP contribution >= 0.6 is 0 Å². The lowest BCUT2D eigenvalue weighted by atomic mass is 9.94. The van der Waals surface area contributed by atoms with Crippen molar-refractivity contribution in [1.29, 1.82) is 0 Å². The summed E-state index contributed by atoms with van der Waals surface area (Å²) in [5.41, 5.74) is 29.6. The zero-order valence-electron chi connectivity index (χ0n) is 11.6. The number of hydrogen-bond donors (Lipinski definition) is 4. The fourth-order valence-electron chi connectivity index (χ4n) is 2.75. The Hall–Kier alpha value is -2.62. The van der Waals surface area contributed by atoms with E-state index in [4.69, 9.17) is 22.9 Å². The first-order valence-corrected chi connectivity index (χ1v) is 6.48. The van der Waals surface area contributed by atoms with E-state index in [0.717, 1.165) is 32.7 Å². The normalized spacial score (nSPS) is 11.3. The number of hydrogen-bond acceptors (Lipinski definition) is 4. The molecule has 3 aromatic rings. The van der Waals surface area contributed by atoms with E-state index in [9.17, 15) is 0 Å². The fourth-order valence-corrected chi connectivity index (χ4v) is 2.75. The molecule has 3 aromatic carbocycles. The SMILES string of the molecule is Cc1ccc2c(N)c3c(N)c(C)ccc3c(N)c2c1N. The first-order valence-electron chi connectivity index (χ1n) is 6.48. The van der Waals surface area contributed by atoms with Crippen molar-refractivity contribution >= 4 is 44.3 Å². The molecule has 0 heterocycles. The topological polar surface area (TPSA) is 104 Å². The van der Waals surface area contributed by atoms with Crippen molar-refractivity contribution in [3.05, 3.63) is 35.4 Å². The number of nitrogen functional groups attached to an aromatic ring is 4. The van der Waals surface area contributed by atoms with Crippen LogP contribution in [0.25, 0.3) is 21.5 Å². The summed E-state index contributed by atoms with van der Waals surface area (Å²) in [6.45, 7) is 3.91. The van der Waals surface area contributed by atoms with Crippen LogP contribution in [-0.4, -0.2) is 0 Å². The van der Waals surface area contributed by atoms with Crippen molar-refractivity contribution in [3.63, 3.8) is 0 Å². The molecule has 0 aliphatic rings. The molecular formula is C16H18N4. The highest BCUT2D eigenvalue weighted by atomic mass is 14.7. The van der Waals surface area contributed by atoms with Crippen LogP contribution < -0.4 is 22.9 Å². The maximum absolute atomic E-state index is 6.32. The molecule has 0 aromatic heterocycles. The van der Waals surface area contributed by atoms with Crippen molar-refractivity contribution < 1.29 is 0 Å². The van der Waals surface area contributed by atoms with Crippen molar-refractivity contribution in [1.82, 2.24) is 0 Å². The van der Waals surface area contributed by atoms with Crippen LogP contribution in [0.15, 0.2) is 24.3 Å². The third-order valence-electron chi connectivity index (χ3n) is 4.05. The Bertz CT molecular complexity index is 792. The minimum absolute atomic E-state index is 0.636. The molecule has 0 radical (unpaired) electrons. The van der Waals surface area contributed by atoms with Crippen LogP contribution in [0.3, 0.4) is 0 Å². The van der Waals surface area contributed by atoms with Gasteiger partial charge in [0.2, 0.25) is 0 Å². The van der Waals surface area contributed by atoms with Gasteiger partial charge >= 0.3 is 0 Å². The first-order chi connectivity index (χ1) is 9.43. The Morgan fingerprint density at radius 2 is 0.900 bits per heavy atom. The lowest BCUT2D eigenvalue weighted by Crippen LogP contribution is -2.02. The molecule has 0 bridgehead atoms. The average molecular weight is 266 g/mol. The third kappa shape index (κ3) is 1.42. The summed E-state index contributed by atoms with van der Waals surface area (Å²) in [4.78, 5) is 0. The van der Waals surface area contributed by atoms with E-state index in [2.05, 4.69) is 0 Å². The van der Waals surface area contributed by atoms with Gasteiger partial charge in [-0.05, 0) is 25.0 Å². The van der Waals surface area contributed by atoms with Crippen LogP contribution in [0, 0.1) is 13.8 Å². The first kappa shape index (κ1) is 12.4. The Kier molecular flexibility index (Phi) is 2.44. The zero-order valence-corrected chi connectivity index (χ0v) is 11.6. The van der Waals surface area contributed by atoms with Crippen LogP contribution in [0.2, 0.25) is 0 Å². The summed E-state index contributed by atoms with van der Waals surface area (Å²) in [7, 11) is 0. The molecule has 102 valence electrons. The van der Waals surface area contributed by atoms with Gasteiger partial charge in [0.1, 0.15) is 0 Å². The maximum Gasteiger partial charge on any atom is 0.0496 e. The number of aryl methyl sites for hydroxylation is 2. The Balaban J connectivity index is 2.68. The molecule has 0 saturated heterocycles. The number of nitrogens with two attached hydrogens (primary N) is 4. The summed E-state index contributed by atoms with van der Waals surface area (Å²) < 4.78 is 0. The molecule has 8 N–H and O–H groups in total. The maximum atomic E-state index is 6.32. The third-order valence-corrected chi connectivity index (χ3v) is 4.05. The molecule has 0 atom stereocenters. The number of rotatable bonds is 0. The van der Waals surface area contributed by atoms with Gasteiger partial charge in [-0.15, -0.1) is 0 Å². The van der Waals surface area contributed by atoms with Crippen molar-refractivity contribution in [3.8, 4) is 0 Å². The molecule has 0 unspecified atom stereocenters. The largest absolute Gasteiger partial charge is 0.398 e. The molecule has 20 heavy (non-hydrogen) atoms. The smallest absolute Gasteiger partial charge is 0.0496 e. The van der Waals surface area contributed by atoms with Gasteiger partial charge in [-0.25, -0.2) is 0 Å². The van der Waals surface area contributed by atoms with Gasteiger partial charge in [0, 0.05) is 44.3 Å². The van der Waals surface area contributed by atoms with E-state index in [0.29, 0.717) is 22.7 Å². The Labute approximate surface area is 117 Å². The second-order valence-corrected chi connectivity index (χ2v) is 5.26. The molecule has 4 heteroatoms. The van der Waals surface area contributed by atoms with Gasteiger partial charge in [-0.1, -0.05) is 24.3 Å². The average Bonchev–Trinajstić information content (AvgIpc) is 2.42. The van der Waals surface area contributed by atoms with Crippen LogP contribution in [0.1, 0.15) is 11.1 Å². The van der Waals surface area contributed by atoms with Gasteiger partial charge < -0.3 is 22.9 Å². The predicted molar refractivity (Wildman–Crippen MR) is 88.6 cm³/mol. The zero-order chi connectivity index (χ0) is 14.6. The van der Waals surface area contributed by atoms with Gasteiger partial charge in [-0.3, -0.25) is 0 Å². The van der Waals surface area contributed by atoms with Crippen molar-refractivity contribution in [2.75, 3.05) is 22.9 Å². The monoisotopic (exact) mass is 266 g/mol. The Morgan fingerprint density at radius 1 is 0.550 bits per heavy atom. The second kappa shape index (κ2) is 3.93. The number of anilines is 4. The van der Waals surface area contributed by atoms with E-state index in [1.54, 1.807) is 0 Å². The quantitative estimate of drug-likeness (QED) is 0.285. The van der Waals surface area contributed by atoms with E-state index in [1.807, 2.05) is 38.1 Å². The van der Waals surface area contributed by atoms with Gasteiger partial charge in [0.05, 0.1) is 0 Å². The number of benzene rings is 3. The minimum atomic E-state index is 0.636. The van der Waals surface area contributed by atoms with E-state index >= 15 is 0 Å². The van der Waals surface area contributed by atoms with Gasteiger partial charge in [-0.2, -0.15) is 0 Å². The van der Waals surface area contributed by atoms with Gasteiger partial charge in [0.25, 0.3) is 0 Å². The molecular weight excluding hydrogens is 248 g/mol. The Morgan fingerprint density at radius 3 is 1.25 bits per heavy atom. The molecule has 0 saturated carbocycles. The van der Waals surface area contributed by atoms with Crippen LogP contribution in [-0.2, 0) is 0 Å². The summed E-state index contributed by atoms with van der Waals surface area (Å²) in [6.07, 6.45) is 0. The van der Waals surface area contributed by atoms with Crippen molar-refractivity contribution in [2.45, 2.75) is 13.8 Å². The summed E-state index contributed by atoms with van der Waals surface area (Å²) in [6, 6.07) is 7.80. The van der Waals surface area contributed by atoms with Gasteiger partial charge in [0.15, 0.2) is 0 Å². The summed E-state index contributed by atoms with van der Waals surface area (Å²) >= 11 is 0. The minimum Gasteiger partial charge on any atom is -0.398 e. The molecule has 3 rings (SSSR count). The molecule has 0 amide bonds. The molecule has 0 aliphatic heterocycles. The van der Waals surface area contributed by atoms with E-state index in [1.165, 1.54) is 0 Å². The predicted octanol–water partition coefficient (Wildman–Crippen LogP) is 2.94. The van der Waals surface area contributed by atoms with Crippen LogP contribution in [0.5, 0.6) is 0 Å². The summed E-state index contributed by atoms with van der Waals surface area (Å²) in [5.74, 6) is 0. The lowest BCUT2D eigenvalue weighted by molar-refractivity contribution is 1.49. The summed E-state index contributed by atoms with van der Waals surface area (Å²) in [5, 5.41) is 3.35.